The van der Waals surface area contributed by atoms with Crippen molar-refractivity contribution in [1.29, 1.82) is 0 Å². The summed E-state index contributed by atoms with van der Waals surface area (Å²) < 4.78 is 1.92. The lowest BCUT2D eigenvalue weighted by molar-refractivity contribution is -0.121. The van der Waals surface area contributed by atoms with Crippen LogP contribution >= 0.6 is 24.0 Å². The number of rotatable bonds is 6. The van der Waals surface area contributed by atoms with Crippen LogP contribution < -0.4 is 10.9 Å². The Morgan fingerprint density at radius 2 is 2.11 bits per heavy atom. The van der Waals surface area contributed by atoms with Crippen molar-refractivity contribution in [3.05, 3.63) is 70.0 Å². The fourth-order valence-electron chi connectivity index (χ4n) is 2.66. The van der Waals surface area contributed by atoms with E-state index in [4.69, 9.17) is 12.2 Å². The zero-order valence-electron chi connectivity index (χ0n) is 14.8. The molecule has 2 aromatic rings. The number of fused-ring (bicyclic) bond motifs is 1. The lowest BCUT2D eigenvalue weighted by atomic mass is 10.2. The number of aromatic nitrogens is 2. The van der Waals surface area contributed by atoms with Crippen LogP contribution in [0.25, 0.3) is 11.7 Å². The second-order valence-electron chi connectivity index (χ2n) is 5.81. The molecule has 3 rings (SSSR count). The van der Waals surface area contributed by atoms with Gasteiger partial charge in [-0.25, -0.2) is 4.98 Å². The molecule has 8 heteroatoms. The zero-order valence-corrected chi connectivity index (χ0v) is 16.4. The number of thioether (sulfide) groups is 1. The van der Waals surface area contributed by atoms with Crippen LogP contribution in [-0.4, -0.2) is 37.6 Å². The number of thiocarbonyl (C=S) groups is 1. The van der Waals surface area contributed by atoms with Crippen LogP contribution in [0.2, 0.25) is 0 Å². The number of anilines is 1. The summed E-state index contributed by atoms with van der Waals surface area (Å²) in [6.45, 7) is 9.98. The number of hydrogen-bond acceptors (Lipinski definition) is 6. The minimum Gasteiger partial charge on any atom is -0.366 e. The molecule has 0 aliphatic carbocycles. The molecule has 1 aliphatic heterocycles. The normalized spacial score (nSPS) is 15.6. The summed E-state index contributed by atoms with van der Waals surface area (Å²) in [5, 5.41) is 3.09. The molecule has 0 saturated carbocycles. The first-order valence-electron chi connectivity index (χ1n) is 8.21. The number of amides is 1. The molecule has 0 spiro atoms. The number of pyridine rings is 1. The topological polar surface area (TPSA) is 66.7 Å². The summed E-state index contributed by atoms with van der Waals surface area (Å²) in [6, 6.07) is 3.68. The lowest BCUT2D eigenvalue weighted by Crippen LogP contribution is -2.28. The predicted octanol–water partition coefficient (Wildman–Crippen LogP) is 2.99. The largest absolute Gasteiger partial charge is 0.366 e. The highest BCUT2D eigenvalue weighted by atomic mass is 32.2. The van der Waals surface area contributed by atoms with Crippen molar-refractivity contribution in [2.45, 2.75) is 6.92 Å². The zero-order chi connectivity index (χ0) is 19.6. The van der Waals surface area contributed by atoms with E-state index in [0.29, 0.717) is 39.3 Å². The second kappa shape index (κ2) is 7.89. The van der Waals surface area contributed by atoms with Crippen LogP contribution in [0, 0.1) is 6.92 Å². The van der Waals surface area contributed by atoms with Gasteiger partial charge in [0.05, 0.1) is 10.5 Å². The maximum atomic E-state index is 13.1. The minimum absolute atomic E-state index is 0.242. The highest BCUT2D eigenvalue weighted by molar-refractivity contribution is 8.26. The van der Waals surface area contributed by atoms with Crippen molar-refractivity contribution in [2.75, 3.05) is 18.4 Å². The van der Waals surface area contributed by atoms with E-state index in [1.165, 1.54) is 9.30 Å². The highest BCUT2D eigenvalue weighted by Gasteiger charge is 2.31. The molecule has 6 nitrogen and oxygen atoms in total. The Balaban J connectivity index is 2.18. The summed E-state index contributed by atoms with van der Waals surface area (Å²) in [7, 11) is 0. The van der Waals surface area contributed by atoms with Gasteiger partial charge in [-0.2, -0.15) is 0 Å². The van der Waals surface area contributed by atoms with Gasteiger partial charge in [-0.05, 0) is 24.6 Å². The lowest BCUT2D eigenvalue weighted by Gasteiger charge is -2.11. The van der Waals surface area contributed by atoms with Crippen molar-refractivity contribution in [2.24, 2.45) is 0 Å². The fraction of sp³-hybridized carbons (Fsp3) is 0.158. The van der Waals surface area contributed by atoms with Crippen LogP contribution in [0.3, 0.4) is 0 Å². The summed E-state index contributed by atoms with van der Waals surface area (Å²) >= 11 is 6.42. The highest BCUT2D eigenvalue weighted by Crippen LogP contribution is 2.32. The third kappa shape index (κ3) is 3.58. The number of nitrogens with zero attached hydrogens (tertiary/aromatic N) is 3. The molecule has 1 fully saturated rings. The van der Waals surface area contributed by atoms with E-state index in [0.717, 1.165) is 17.3 Å². The molecule has 27 heavy (non-hydrogen) atoms. The number of carbonyl (C=O) groups is 1. The number of nitrogens with one attached hydrogen (secondary N) is 1. The van der Waals surface area contributed by atoms with Crippen molar-refractivity contribution in [3.63, 3.8) is 0 Å². The van der Waals surface area contributed by atoms with E-state index in [-0.39, 0.29) is 11.5 Å². The molecule has 1 aliphatic rings. The fourth-order valence-corrected chi connectivity index (χ4v) is 3.92. The molecule has 1 amide bonds. The summed E-state index contributed by atoms with van der Waals surface area (Å²) in [6.07, 6.45) is 6.50. The SMILES string of the molecule is C=CCNc1nc2c(C)cccn2c(=O)c1/C=C1\SC(=S)N(CC=C)C1=O. The Bertz CT molecular complexity index is 1060. The van der Waals surface area contributed by atoms with Crippen LogP contribution in [0.5, 0.6) is 0 Å². The van der Waals surface area contributed by atoms with Gasteiger partial charge in [0.25, 0.3) is 11.5 Å². The Morgan fingerprint density at radius 3 is 2.81 bits per heavy atom. The van der Waals surface area contributed by atoms with Crippen LogP contribution in [0.1, 0.15) is 11.1 Å². The van der Waals surface area contributed by atoms with E-state index >= 15 is 0 Å². The maximum absolute atomic E-state index is 13.1. The van der Waals surface area contributed by atoms with Crippen molar-refractivity contribution >= 4 is 51.7 Å². The molecular formula is C19H18N4O2S2. The maximum Gasteiger partial charge on any atom is 0.267 e. The third-order valence-corrected chi connectivity index (χ3v) is 5.34. The number of hydrogen-bond donors (Lipinski definition) is 1. The average molecular weight is 399 g/mol. The van der Waals surface area contributed by atoms with Gasteiger partial charge in [0, 0.05) is 19.3 Å². The third-order valence-electron chi connectivity index (χ3n) is 3.96. The summed E-state index contributed by atoms with van der Waals surface area (Å²) in [4.78, 5) is 32.1. The number of aryl methyl sites for hydroxylation is 1. The molecule has 0 unspecified atom stereocenters. The predicted molar refractivity (Wildman–Crippen MR) is 115 cm³/mol. The van der Waals surface area contributed by atoms with E-state index in [1.807, 2.05) is 13.0 Å². The summed E-state index contributed by atoms with van der Waals surface area (Å²) in [5.74, 6) is 0.163. The molecule has 0 bridgehead atoms. The molecule has 3 heterocycles. The van der Waals surface area contributed by atoms with Crippen molar-refractivity contribution < 1.29 is 4.79 Å². The second-order valence-corrected chi connectivity index (χ2v) is 7.49. The standard InChI is InChI=1S/C19H18N4O2S2/c1-4-8-20-15-13(11-14-18(25)23(9-5-2)19(26)27-14)17(24)22-10-6-7-12(3)16(22)21-15/h4-7,10-11,20H,1-2,8-9H2,3H3/b14-11-. The van der Waals surface area contributed by atoms with Crippen LogP contribution in [0.15, 0.2) is 53.3 Å². The monoisotopic (exact) mass is 398 g/mol. The molecular weight excluding hydrogens is 380 g/mol. The van der Waals surface area contributed by atoms with Gasteiger partial charge in [-0.3, -0.25) is 18.9 Å². The quantitative estimate of drug-likeness (QED) is 0.458. The van der Waals surface area contributed by atoms with Gasteiger partial charge >= 0.3 is 0 Å². The van der Waals surface area contributed by atoms with Gasteiger partial charge in [-0.1, -0.05) is 42.2 Å². The minimum atomic E-state index is -0.260. The molecule has 1 N–H and O–H groups in total. The molecule has 1 saturated heterocycles. The van der Waals surface area contributed by atoms with Crippen LogP contribution in [-0.2, 0) is 4.79 Å². The van der Waals surface area contributed by atoms with Gasteiger partial charge in [-0.15, -0.1) is 13.2 Å². The Hall–Kier alpha value is -2.71. The number of carbonyl (C=O) groups excluding carboxylic acids is 1. The van der Waals surface area contributed by atoms with Gasteiger partial charge in [0.15, 0.2) is 0 Å². The van der Waals surface area contributed by atoms with Gasteiger partial charge in [0.2, 0.25) is 0 Å². The van der Waals surface area contributed by atoms with Gasteiger partial charge < -0.3 is 5.32 Å². The van der Waals surface area contributed by atoms with E-state index < -0.39 is 0 Å². The van der Waals surface area contributed by atoms with Crippen molar-refractivity contribution in [3.8, 4) is 0 Å². The Morgan fingerprint density at radius 1 is 1.33 bits per heavy atom. The summed E-state index contributed by atoms with van der Waals surface area (Å²) in [5.41, 5.74) is 1.48. The molecule has 0 atom stereocenters. The first-order valence-corrected chi connectivity index (χ1v) is 9.43. The average Bonchev–Trinajstić information content (AvgIpc) is 2.91. The first kappa shape index (κ1) is 19.1. The van der Waals surface area contributed by atoms with E-state index in [1.54, 1.807) is 30.5 Å². The molecule has 2 aromatic heterocycles. The molecule has 0 aromatic carbocycles. The molecule has 0 radical (unpaired) electrons. The van der Waals surface area contributed by atoms with E-state index in [2.05, 4.69) is 23.5 Å². The van der Waals surface area contributed by atoms with Crippen LogP contribution in [0.4, 0.5) is 5.82 Å². The van der Waals surface area contributed by atoms with Crippen molar-refractivity contribution in [1.82, 2.24) is 14.3 Å². The van der Waals surface area contributed by atoms with Gasteiger partial charge in [0.1, 0.15) is 15.8 Å². The Labute approximate surface area is 166 Å². The smallest absolute Gasteiger partial charge is 0.267 e. The Kier molecular flexibility index (Phi) is 5.57. The molecule has 138 valence electrons. The van der Waals surface area contributed by atoms with E-state index in [9.17, 15) is 9.59 Å². The first-order chi connectivity index (χ1) is 13.0.